The topological polar surface area (TPSA) is 57.4 Å². The van der Waals surface area contributed by atoms with Crippen molar-refractivity contribution in [1.82, 2.24) is 4.98 Å². The first-order chi connectivity index (χ1) is 9.55. The van der Waals surface area contributed by atoms with Crippen LogP contribution in [0.2, 0.25) is 0 Å². The van der Waals surface area contributed by atoms with Crippen molar-refractivity contribution in [2.75, 3.05) is 7.11 Å². The van der Waals surface area contributed by atoms with Crippen molar-refractivity contribution in [2.45, 2.75) is 20.4 Å². The monoisotopic (exact) mass is 336 g/mol. The third-order valence-electron chi connectivity index (χ3n) is 2.98. The molecular weight excluding hydrogens is 320 g/mol. The van der Waals surface area contributed by atoms with Crippen LogP contribution in [0.4, 0.5) is 0 Å². The van der Waals surface area contributed by atoms with Crippen molar-refractivity contribution in [3.8, 4) is 17.2 Å². The van der Waals surface area contributed by atoms with Gasteiger partial charge in [0.2, 0.25) is 0 Å². The summed E-state index contributed by atoms with van der Waals surface area (Å²) in [5.41, 5.74) is 8.50. The largest absolute Gasteiger partial charge is 0.497 e. The zero-order valence-corrected chi connectivity index (χ0v) is 13.3. The number of ether oxygens (including phenoxy) is 2. The SMILES string of the molecule is COc1ccc(Oc2cc(C)nc(C)c2CN)c(Br)c1. The number of pyridine rings is 1. The van der Waals surface area contributed by atoms with Crippen LogP contribution in [0.25, 0.3) is 0 Å². The smallest absolute Gasteiger partial charge is 0.141 e. The van der Waals surface area contributed by atoms with Crippen LogP contribution < -0.4 is 15.2 Å². The van der Waals surface area contributed by atoms with E-state index in [-0.39, 0.29) is 0 Å². The fraction of sp³-hybridized carbons (Fsp3) is 0.267. The number of aryl methyl sites for hydroxylation is 2. The number of rotatable bonds is 4. The van der Waals surface area contributed by atoms with Gasteiger partial charge in [0.1, 0.15) is 17.2 Å². The van der Waals surface area contributed by atoms with E-state index in [4.69, 9.17) is 15.2 Å². The fourth-order valence-corrected chi connectivity index (χ4v) is 2.41. The third-order valence-corrected chi connectivity index (χ3v) is 3.60. The second-order valence-electron chi connectivity index (χ2n) is 4.43. The van der Waals surface area contributed by atoms with E-state index in [0.29, 0.717) is 12.3 Å². The highest BCUT2D eigenvalue weighted by Gasteiger charge is 2.11. The van der Waals surface area contributed by atoms with E-state index >= 15 is 0 Å². The Hall–Kier alpha value is -1.59. The van der Waals surface area contributed by atoms with E-state index in [9.17, 15) is 0 Å². The van der Waals surface area contributed by atoms with Crippen molar-refractivity contribution in [1.29, 1.82) is 0 Å². The number of benzene rings is 1. The molecule has 0 atom stereocenters. The summed E-state index contributed by atoms with van der Waals surface area (Å²) in [6, 6.07) is 7.46. The molecule has 0 aliphatic heterocycles. The molecule has 2 N–H and O–H groups in total. The molecule has 4 nitrogen and oxygen atoms in total. The molecule has 0 aliphatic rings. The van der Waals surface area contributed by atoms with Crippen molar-refractivity contribution in [2.24, 2.45) is 5.73 Å². The molecule has 2 rings (SSSR count). The van der Waals surface area contributed by atoms with E-state index in [1.165, 1.54) is 0 Å². The summed E-state index contributed by atoms with van der Waals surface area (Å²) in [6.45, 7) is 4.26. The first-order valence-corrected chi connectivity index (χ1v) is 7.03. The summed E-state index contributed by atoms with van der Waals surface area (Å²) in [5.74, 6) is 2.22. The number of aromatic nitrogens is 1. The van der Waals surface area contributed by atoms with Crippen molar-refractivity contribution in [3.05, 3.63) is 45.7 Å². The Kier molecular flexibility index (Phi) is 4.62. The van der Waals surface area contributed by atoms with E-state index in [2.05, 4.69) is 20.9 Å². The molecule has 0 radical (unpaired) electrons. The van der Waals surface area contributed by atoms with E-state index in [1.807, 2.05) is 38.1 Å². The van der Waals surface area contributed by atoms with Gasteiger partial charge in [-0.2, -0.15) is 0 Å². The number of nitrogens with two attached hydrogens (primary N) is 1. The van der Waals surface area contributed by atoms with E-state index in [0.717, 1.165) is 32.9 Å². The lowest BCUT2D eigenvalue weighted by molar-refractivity contribution is 0.412. The highest BCUT2D eigenvalue weighted by Crippen LogP contribution is 2.34. The number of nitrogens with zero attached hydrogens (tertiary/aromatic N) is 1. The summed E-state index contributed by atoms with van der Waals surface area (Å²) >= 11 is 3.48. The third kappa shape index (κ3) is 3.11. The molecule has 0 saturated carbocycles. The minimum atomic E-state index is 0.391. The molecule has 5 heteroatoms. The molecule has 0 spiro atoms. The van der Waals surface area contributed by atoms with Gasteiger partial charge in [0.05, 0.1) is 11.6 Å². The summed E-state index contributed by atoms with van der Waals surface area (Å²) < 4.78 is 12.0. The van der Waals surface area contributed by atoms with Gasteiger partial charge in [-0.3, -0.25) is 4.98 Å². The number of hydrogen-bond acceptors (Lipinski definition) is 4. The molecule has 0 aliphatic carbocycles. The predicted octanol–water partition coefficient (Wildman–Crippen LogP) is 3.72. The van der Waals surface area contributed by atoms with Crippen LogP contribution in [0.3, 0.4) is 0 Å². The Morgan fingerprint density at radius 3 is 2.55 bits per heavy atom. The Labute approximate surface area is 127 Å². The lowest BCUT2D eigenvalue weighted by Gasteiger charge is -2.14. The van der Waals surface area contributed by atoms with Crippen LogP contribution in [0.5, 0.6) is 17.2 Å². The van der Waals surface area contributed by atoms with Crippen LogP contribution in [0, 0.1) is 13.8 Å². The van der Waals surface area contributed by atoms with Gasteiger partial charge in [0.15, 0.2) is 0 Å². The Morgan fingerprint density at radius 1 is 1.20 bits per heavy atom. The van der Waals surface area contributed by atoms with E-state index in [1.54, 1.807) is 7.11 Å². The maximum Gasteiger partial charge on any atom is 0.141 e. The van der Waals surface area contributed by atoms with Crippen LogP contribution in [0.15, 0.2) is 28.7 Å². The van der Waals surface area contributed by atoms with Gasteiger partial charge in [-0.25, -0.2) is 0 Å². The van der Waals surface area contributed by atoms with Crippen molar-refractivity contribution < 1.29 is 9.47 Å². The van der Waals surface area contributed by atoms with Gasteiger partial charge in [-0.1, -0.05) is 0 Å². The van der Waals surface area contributed by atoms with Crippen LogP contribution >= 0.6 is 15.9 Å². The average molecular weight is 337 g/mol. The molecule has 0 unspecified atom stereocenters. The first-order valence-electron chi connectivity index (χ1n) is 6.23. The van der Waals surface area contributed by atoms with Crippen molar-refractivity contribution >= 4 is 15.9 Å². The fourth-order valence-electron chi connectivity index (χ4n) is 1.97. The Morgan fingerprint density at radius 2 is 1.95 bits per heavy atom. The van der Waals surface area contributed by atoms with Crippen LogP contribution in [-0.2, 0) is 6.54 Å². The second-order valence-corrected chi connectivity index (χ2v) is 5.28. The zero-order chi connectivity index (χ0) is 14.7. The molecule has 0 amide bonds. The molecular formula is C15H17BrN2O2. The van der Waals surface area contributed by atoms with Gasteiger partial charge in [-0.05, 0) is 48.0 Å². The first kappa shape index (κ1) is 14.8. The molecule has 106 valence electrons. The second kappa shape index (κ2) is 6.24. The van der Waals surface area contributed by atoms with Gasteiger partial charge < -0.3 is 15.2 Å². The highest BCUT2D eigenvalue weighted by atomic mass is 79.9. The summed E-state index contributed by atoms with van der Waals surface area (Å²) in [5, 5.41) is 0. The Bertz CT molecular complexity index is 630. The summed E-state index contributed by atoms with van der Waals surface area (Å²) in [7, 11) is 1.63. The normalized spacial score (nSPS) is 10.4. The lowest BCUT2D eigenvalue weighted by Crippen LogP contribution is -2.05. The standard InChI is InChI=1S/C15H17BrN2O2/c1-9-6-15(12(8-17)10(2)18-9)20-14-5-4-11(19-3)7-13(14)16/h4-7H,8,17H2,1-3H3. The molecule has 0 saturated heterocycles. The van der Waals surface area contributed by atoms with Crippen molar-refractivity contribution in [3.63, 3.8) is 0 Å². The predicted molar refractivity (Wildman–Crippen MR) is 82.4 cm³/mol. The molecule has 2 aromatic rings. The molecule has 1 aromatic carbocycles. The van der Waals surface area contributed by atoms with Gasteiger partial charge in [0.25, 0.3) is 0 Å². The summed E-state index contributed by atoms with van der Waals surface area (Å²) in [6.07, 6.45) is 0. The minimum Gasteiger partial charge on any atom is -0.497 e. The van der Waals surface area contributed by atoms with Crippen LogP contribution in [-0.4, -0.2) is 12.1 Å². The van der Waals surface area contributed by atoms with E-state index < -0.39 is 0 Å². The van der Waals surface area contributed by atoms with Gasteiger partial charge >= 0.3 is 0 Å². The number of halogens is 1. The van der Waals surface area contributed by atoms with Crippen LogP contribution in [0.1, 0.15) is 17.0 Å². The average Bonchev–Trinajstić information content (AvgIpc) is 2.40. The molecule has 20 heavy (non-hydrogen) atoms. The van der Waals surface area contributed by atoms with Gasteiger partial charge in [-0.15, -0.1) is 0 Å². The molecule has 1 aromatic heterocycles. The maximum absolute atomic E-state index is 5.97. The lowest BCUT2D eigenvalue weighted by atomic mass is 10.1. The molecule has 1 heterocycles. The molecule has 0 bridgehead atoms. The summed E-state index contributed by atoms with van der Waals surface area (Å²) in [4.78, 5) is 4.40. The van der Waals surface area contributed by atoms with Gasteiger partial charge in [0, 0.05) is 29.6 Å². The maximum atomic E-state index is 5.97. The quantitative estimate of drug-likeness (QED) is 0.924. The Balaban J connectivity index is 2.39. The number of methoxy groups -OCH3 is 1. The highest BCUT2D eigenvalue weighted by molar-refractivity contribution is 9.10. The molecule has 0 fully saturated rings. The zero-order valence-electron chi connectivity index (χ0n) is 11.7. The minimum absolute atomic E-state index is 0.391. The number of hydrogen-bond donors (Lipinski definition) is 1.